The Hall–Kier alpha value is -1.46. The first-order valence-electron chi connectivity index (χ1n) is 5.89. The summed E-state index contributed by atoms with van der Waals surface area (Å²) in [6, 6.07) is 5.95. The Bertz CT molecular complexity index is 498. The van der Waals surface area contributed by atoms with E-state index in [2.05, 4.69) is 14.9 Å². The predicted octanol–water partition coefficient (Wildman–Crippen LogP) is 2.02. The van der Waals surface area contributed by atoms with Gasteiger partial charge >= 0.3 is 0 Å². The Morgan fingerprint density at radius 1 is 1.39 bits per heavy atom. The van der Waals surface area contributed by atoms with Crippen LogP contribution >= 0.6 is 11.3 Å². The molecule has 2 aromatic heterocycles. The average molecular weight is 263 g/mol. The number of hydrogen-bond donors (Lipinski definition) is 1. The van der Waals surface area contributed by atoms with E-state index in [1.54, 1.807) is 11.3 Å². The number of thiazole rings is 1. The summed E-state index contributed by atoms with van der Waals surface area (Å²) in [6.45, 7) is 2.87. The SMILES string of the molecule is Cc1nc(N(C)CCc2ccccn2)sc1CO. The second-order valence-electron chi connectivity index (χ2n) is 4.16. The molecule has 2 rings (SSSR count). The van der Waals surface area contributed by atoms with Gasteiger partial charge in [0.05, 0.1) is 17.2 Å². The highest BCUT2D eigenvalue weighted by atomic mass is 32.1. The first kappa shape index (κ1) is 13.0. The summed E-state index contributed by atoms with van der Waals surface area (Å²) in [4.78, 5) is 11.8. The lowest BCUT2D eigenvalue weighted by Crippen LogP contribution is -2.20. The van der Waals surface area contributed by atoms with E-state index >= 15 is 0 Å². The molecular formula is C13H17N3OS. The summed E-state index contributed by atoms with van der Waals surface area (Å²) < 4.78 is 0. The van der Waals surface area contributed by atoms with Crippen molar-refractivity contribution in [2.24, 2.45) is 0 Å². The van der Waals surface area contributed by atoms with Crippen molar-refractivity contribution in [2.75, 3.05) is 18.5 Å². The minimum atomic E-state index is 0.0670. The number of aromatic nitrogens is 2. The second kappa shape index (κ2) is 5.93. The smallest absolute Gasteiger partial charge is 0.185 e. The molecule has 0 unspecified atom stereocenters. The van der Waals surface area contributed by atoms with Gasteiger partial charge in [0.1, 0.15) is 0 Å². The molecule has 0 amide bonds. The Labute approximate surface area is 111 Å². The molecule has 2 heterocycles. The highest BCUT2D eigenvalue weighted by Crippen LogP contribution is 2.25. The number of pyridine rings is 1. The Balaban J connectivity index is 1.97. The van der Waals surface area contributed by atoms with Gasteiger partial charge in [0.2, 0.25) is 0 Å². The maximum Gasteiger partial charge on any atom is 0.185 e. The minimum absolute atomic E-state index is 0.0670. The average Bonchev–Trinajstić information content (AvgIpc) is 2.78. The first-order chi connectivity index (χ1) is 8.70. The fourth-order valence-corrected chi connectivity index (χ4v) is 2.55. The van der Waals surface area contributed by atoms with E-state index in [1.807, 2.05) is 38.4 Å². The van der Waals surface area contributed by atoms with Crippen LogP contribution in [0.25, 0.3) is 0 Å². The van der Waals surface area contributed by atoms with E-state index in [0.717, 1.165) is 34.4 Å². The molecule has 5 heteroatoms. The van der Waals surface area contributed by atoms with E-state index in [0.29, 0.717) is 0 Å². The topological polar surface area (TPSA) is 49.2 Å². The van der Waals surface area contributed by atoms with Gasteiger partial charge in [0.25, 0.3) is 0 Å². The zero-order chi connectivity index (χ0) is 13.0. The van der Waals surface area contributed by atoms with Crippen LogP contribution in [0.2, 0.25) is 0 Å². The molecule has 0 bridgehead atoms. The summed E-state index contributed by atoms with van der Waals surface area (Å²) in [7, 11) is 2.02. The van der Waals surface area contributed by atoms with E-state index in [1.165, 1.54) is 0 Å². The van der Waals surface area contributed by atoms with Crippen LogP contribution in [0.4, 0.5) is 5.13 Å². The van der Waals surface area contributed by atoms with Crippen LogP contribution in [0, 0.1) is 6.92 Å². The molecule has 0 aliphatic carbocycles. The molecule has 0 atom stereocenters. The Morgan fingerprint density at radius 3 is 2.83 bits per heavy atom. The summed E-state index contributed by atoms with van der Waals surface area (Å²) in [5, 5.41) is 10.1. The van der Waals surface area contributed by atoms with E-state index < -0.39 is 0 Å². The van der Waals surface area contributed by atoms with Crippen LogP contribution in [0.5, 0.6) is 0 Å². The maximum atomic E-state index is 9.16. The van der Waals surface area contributed by atoms with Gasteiger partial charge in [-0.1, -0.05) is 17.4 Å². The number of hydrogen-bond acceptors (Lipinski definition) is 5. The monoisotopic (exact) mass is 263 g/mol. The molecule has 0 aliphatic rings. The van der Waals surface area contributed by atoms with Crippen LogP contribution in [0.15, 0.2) is 24.4 Å². The lowest BCUT2D eigenvalue weighted by Gasteiger charge is -2.14. The van der Waals surface area contributed by atoms with Crippen molar-refractivity contribution < 1.29 is 5.11 Å². The summed E-state index contributed by atoms with van der Waals surface area (Å²) in [5.74, 6) is 0. The highest BCUT2D eigenvalue weighted by molar-refractivity contribution is 7.15. The standard InChI is InChI=1S/C13H17N3OS/c1-10-12(9-17)18-13(15-10)16(2)8-6-11-5-3-4-7-14-11/h3-5,7,17H,6,8-9H2,1-2H3. The Morgan fingerprint density at radius 2 is 2.22 bits per heavy atom. The van der Waals surface area contributed by atoms with E-state index in [-0.39, 0.29) is 6.61 Å². The maximum absolute atomic E-state index is 9.16. The van der Waals surface area contributed by atoms with Gasteiger partial charge in [0.15, 0.2) is 5.13 Å². The number of rotatable bonds is 5. The number of aliphatic hydroxyl groups is 1. The van der Waals surface area contributed by atoms with Gasteiger partial charge < -0.3 is 10.0 Å². The van der Waals surface area contributed by atoms with Crippen LogP contribution in [-0.4, -0.2) is 28.7 Å². The van der Waals surface area contributed by atoms with Gasteiger partial charge in [-0.15, -0.1) is 0 Å². The van der Waals surface area contributed by atoms with Crippen molar-refractivity contribution in [3.8, 4) is 0 Å². The van der Waals surface area contributed by atoms with Gasteiger partial charge in [0, 0.05) is 31.9 Å². The van der Waals surface area contributed by atoms with Crippen LogP contribution < -0.4 is 4.90 Å². The first-order valence-corrected chi connectivity index (χ1v) is 6.70. The molecule has 2 aromatic rings. The van der Waals surface area contributed by atoms with Gasteiger partial charge in [-0.2, -0.15) is 0 Å². The molecule has 0 aliphatic heterocycles. The summed E-state index contributed by atoms with van der Waals surface area (Å²) in [6.07, 6.45) is 2.71. The Kier molecular flexibility index (Phi) is 4.28. The number of aliphatic hydroxyl groups excluding tert-OH is 1. The third-order valence-corrected chi connectivity index (χ3v) is 4.04. The molecule has 0 fully saturated rings. The summed E-state index contributed by atoms with van der Waals surface area (Å²) >= 11 is 1.55. The van der Waals surface area contributed by atoms with Crippen molar-refractivity contribution in [1.82, 2.24) is 9.97 Å². The normalized spacial score (nSPS) is 10.6. The van der Waals surface area contributed by atoms with Crippen molar-refractivity contribution in [3.05, 3.63) is 40.7 Å². The molecule has 0 spiro atoms. The molecule has 0 saturated carbocycles. The quantitative estimate of drug-likeness (QED) is 0.896. The lowest BCUT2D eigenvalue weighted by molar-refractivity contribution is 0.284. The lowest BCUT2D eigenvalue weighted by atomic mass is 10.2. The van der Waals surface area contributed by atoms with Crippen molar-refractivity contribution >= 4 is 16.5 Å². The van der Waals surface area contributed by atoms with Crippen LogP contribution in [0.1, 0.15) is 16.3 Å². The number of anilines is 1. The fraction of sp³-hybridized carbons (Fsp3) is 0.385. The molecule has 96 valence electrons. The van der Waals surface area contributed by atoms with Crippen LogP contribution in [-0.2, 0) is 13.0 Å². The second-order valence-corrected chi connectivity index (χ2v) is 5.22. The van der Waals surface area contributed by atoms with E-state index in [9.17, 15) is 0 Å². The predicted molar refractivity (Wildman–Crippen MR) is 74.0 cm³/mol. The van der Waals surface area contributed by atoms with Crippen molar-refractivity contribution in [2.45, 2.75) is 20.0 Å². The van der Waals surface area contributed by atoms with Crippen LogP contribution in [0.3, 0.4) is 0 Å². The van der Waals surface area contributed by atoms with Crippen molar-refractivity contribution in [1.29, 1.82) is 0 Å². The van der Waals surface area contributed by atoms with E-state index in [4.69, 9.17) is 5.11 Å². The third kappa shape index (κ3) is 3.05. The minimum Gasteiger partial charge on any atom is -0.391 e. The largest absolute Gasteiger partial charge is 0.391 e. The zero-order valence-corrected chi connectivity index (χ0v) is 11.4. The molecule has 0 aromatic carbocycles. The molecule has 0 radical (unpaired) electrons. The van der Waals surface area contributed by atoms with Gasteiger partial charge in [-0.25, -0.2) is 4.98 Å². The molecule has 4 nitrogen and oxygen atoms in total. The molecular weight excluding hydrogens is 246 g/mol. The molecule has 0 saturated heterocycles. The highest BCUT2D eigenvalue weighted by Gasteiger charge is 2.10. The molecule has 18 heavy (non-hydrogen) atoms. The fourth-order valence-electron chi connectivity index (χ4n) is 1.65. The zero-order valence-electron chi connectivity index (χ0n) is 10.6. The number of nitrogens with zero attached hydrogens (tertiary/aromatic N) is 3. The van der Waals surface area contributed by atoms with Gasteiger partial charge in [-0.3, -0.25) is 4.98 Å². The van der Waals surface area contributed by atoms with Gasteiger partial charge in [-0.05, 0) is 19.1 Å². The van der Waals surface area contributed by atoms with Crippen molar-refractivity contribution in [3.63, 3.8) is 0 Å². The number of aryl methyl sites for hydroxylation is 1. The molecule has 1 N–H and O–H groups in total. The summed E-state index contributed by atoms with van der Waals surface area (Å²) in [5.41, 5.74) is 2.00. The third-order valence-electron chi connectivity index (χ3n) is 2.78. The number of likely N-dealkylation sites (N-methyl/N-ethyl adjacent to an activating group) is 1.